The number of hydrogen-bond donors (Lipinski definition) is 2. The number of ether oxygens (including phenoxy) is 1. The van der Waals surface area contributed by atoms with E-state index >= 15 is 0 Å². The molecule has 0 unspecified atom stereocenters. The minimum atomic E-state index is -0.478. The summed E-state index contributed by atoms with van der Waals surface area (Å²) in [5, 5.41) is 3.47. The van der Waals surface area contributed by atoms with Gasteiger partial charge in [-0.15, -0.1) is 0 Å². The van der Waals surface area contributed by atoms with Gasteiger partial charge in [0.05, 0.1) is 0 Å². The molecule has 0 bridgehead atoms. The Morgan fingerprint density at radius 2 is 1.67 bits per heavy atom. The average Bonchev–Trinajstić information content (AvgIpc) is 2.76. The zero-order valence-corrected chi connectivity index (χ0v) is 16.9. The van der Waals surface area contributed by atoms with Crippen LogP contribution in [-0.2, 0) is 17.9 Å². The topological polar surface area (TPSA) is 81.4 Å². The van der Waals surface area contributed by atoms with Crippen LogP contribution in [0.25, 0.3) is 6.08 Å². The highest BCUT2D eigenvalue weighted by Crippen LogP contribution is 2.19. The minimum absolute atomic E-state index is 0.215. The van der Waals surface area contributed by atoms with Crippen LogP contribution >= 0.6 is 11.6 Å². The van der Waals surface area contributed by atoms with Crippen molar-refractivity contribution in [1.82, 2.24) is 5.32 Å². The van der Waals surface area contributed by atoms with Crippen molar-refractivity contribution in [3.8, 4) is 5.75 Å². The maximum Gasteiger partial charge on any atom is 0.248 e. The van der Waals surface area contributed by atoms with Crippen molar-refractivity contribution in [1.29, 1.82) is 0 Å². The second-order valence-corrected chi connectivity index (χ2v) is 6.97. The van der Waals surface area contributed by atoms with Gasteiger partial charge in [-0.1, -0.05) is 54.1 Å². The van der Waals surface area contributed by atoms with Gasteiger partial charge in [-0.3, -0.25) is 9.59 Å². The van der Waals surface area contributed by atoms with Crippen molar-refractivity contribution in [2.24, 2.45) is 5.73 Å². The molecule has 0 aliphatic heterocycles. The van der Waals surface area contributed by atoms with Gasteiger partial charge in [-0.2, -0.15) is 0 Å². The molecule has 0 saturated carbocycles. The first-order valence-electron chi connectivity index (χ1n) is 9.32. The van der Waals surface area contributed by atoms with Gasteiger partial charge in [0.15, 0.2) is 0 Å². The van der Waals surface area contributed by atoms with Gasteiger partial charge < -0.3 is 15.8 Å². The lowest BCUT2D eigenvalue weighted by Gasteiger charge is -2.08. The SMILES string of the molecule is NC(=O)c1ccc(CNC(=O)/C=C/c2ccc(OCc3ccccc3Cl)cc2)cc1. The summed E-state index contributed by atoms with van der Waals surface area (Å²) in [7, 11) is 0. The Labute approximate surface area is 180 Å². The van der Waals surface area contributed by atoms with E-state index in [1.54, 1.807) is 30.3 Å². The third-order valence-corrected chi connectivity index (χ3v) is 4.73. The Balaban J connectivity index is 1.47. The number of benzene rings is 3. The molecule has 0 aliphatic carbocycles. The van der Waals surface area contributed by atoms with Crippen LogP contribution in [0.4, 0.5) is 0 Å². The average molecular weight is 421 g/mol. The molecule has 3 aromatic carbocycles. The van der Waals surface area contributed by atoms with Crippen LogP contribution in [0.1, 0.15) is 27.0 Å². The summed E-state index contributed by atoms with van der Waals surface area (Å²) in [4.78, 5) is 23.1. The molecule has 0 saturated heterocycles. The van der Waals surface area contributed by atoms with Crippen molar-refractivity contribution in [2.45, 2.75) is 13.2 Å². The van der Waals surface area contributed by atoms with E-state index in [4.69, 9.17) is 22.1 Å². The molecule has 152 valence electrons. The van der Waals surface area contributed by atoms with Gasteiger partial charge >= 0.3 is 0 Å². The zero-order valence-electron chi connectivity index (χ0n) is 16.2. The Morgan fingerprint density at radius 1 is 0.967 bits per heavy atom. The van der Waals surface area contributed by atoms with E-state index in [1.165, 1.54) is 6.08 Å². The molecular formula is C24H21ClN2O3. The molecule has 5 nitrogen and oxygen atoms in total. The Morgan fingerprint density at radius 3 is 2.33 bits per heavy atom. The summed E-state index contributed by atoms with van der Waals surface area (Å²) in [6.45, 7) is 0.745. The number of carbonyl (C=O) groups excluding carboxylic acids is 2. The standard InChI is InChI=1S/C24H21ClN2O3/c25-22-4-2-1-3-20(22)16-30-21-12-7-17(8-13-21)9-14-23(28)27-15-18-5-10-19(11-6-18)24(26)29/h1-14H,15-16H2,(H2,26,29)(H,27,28)/b14-9+. The molecule has 3 aromatic rings. The number of carbonyl (C=O) groups is 2. The van der Waals surface area contributed by atoms with E-state index in [1.807, 2.05) is 48.5 Å². The van der Waals surface area contributed by atoms with Gasteiger partial charge in [-0.25, -0.2) is 0 Å². The number of halogens is 1. The predicted octanol–water partition coefficient (Wildman–Crippen LogP) is 4.35. The van der Waals surface area contributed by atoms with Crippen molar-refractivity contribution in [3.05, 3.63) is 106 Å². The maximum absolute atomic E-state index is 12.0. The quantitative estimate of drug-likeness (QED) is 0.531. The number of rotatable bonds is 8. The summed E-state index contributed by atoms with van der Waals surface area (Å²) in [5.74, 6) is 0.0257. The van der Waals surface area contributed by atoms with Gasteiger partial charge in [0.1, 0.15) is 12.4 Å². The van der Waals surface area contributed by atoms with Crippen LogP contribution in [-0.4, -0.2) is 11.8 Å². The first-order chi connectivity index (χ1) is 14.5. The molecule has 2 amide bonds. The van der Waals surface area contributed by atoms with Gasteiger partial charge in [-0.05, 0) is 47.5 Å². The first-order valence-corrected chi connectivity index (χ1v) is 9.70. The lowest BCUT2D eigenvalue weighted by molar-refractivity contribution is -0.116. The van der Waals surface area contributed by atoms with Gasteiger partial charge in [0.2, 0.25) is 11.8 Å². The van der Waals surface area contributed by atoms with E-state index in [2.05, 4.69) is 5.32 Å². The molecule has 0 heterocycles. The molecular weight excluding hydrogens is 400 g/mol. The molecule has 0 aromatic heterocycles. The maximum atomic E-state index is 12.0. The van der Waals surface area contributed by atoms with E-state index in [9.17, 15) is 9.59 Å². The van der Waals surface area contributed by atoms with Crippen LogP contribution in [0.15, 0.2) is 78.9 Å². The van der Waals surface area contributed by atoms with Crippen molar-refractivity contribution in [3.63, 3.8) is 0 Å². The highest BCUT2D eigenvalue weighted by Gasteiger charge is 2.02. The molecule has 3 rings (SSSR count). The Bertz CT molecular complexity index is 1040. The zero-order chi connectivity index (χ0) is 21.3. The fourth-order valence-corrected chi connectivity index (χ4v) is 2.85. The molecule has 0 atom stereocenters. The second-order valence-electron chi connectivity index (χ2n) is 6.56. The summed E-state index contributed by atoms with van der Waals surface area (Å²) >= 11 is 6.13. The van der Waals surface area contributed by atoms with E-state index in [0.717, 1.165) is 22.4 Å². The van der Waals surface area contributed by atoms with Gasteiger partial charge in [0.25, 0.3) is 0 Å². The number of primary amides is 1. The van der Waals surface area contributed by atoms with Gasteiger partial charge in [0, 0.05) is 28.8 Å². The van der Waals surface area contributed by atoms with Crippen LogP contribution in [0, 0.1) is 0 Å². The predicted molar refractivity (Wildman–Crippen MR) is 118 cm³/mol. The number of hydrogen-bond acceptors (Lipinski definition) is 3. The molecule has 3 N–H and O–H groups in total. The van der Waals surface area contributed by atoms with Crippen LogP contribution in [0.5, 0.6) is 5.75 Å². The van der Waals surface area contributed by atoms with Crippen LogP contribution in [0.3, 0.4) is 0 Å². The fourth-order valence-electron chi connectivity index (χ4n) is 2.66. The van der Waals surface area contributed by atoms with Crippen molar-refractivity contribution in [2.75, 3.05) is 0 Å². The number of nitrogens with one attached hydrogen (secondary N) is 1. The third-order valence-electron chi connectivity index (χ3n) is 4.36. The lowest BCUT2D eigenvalue weighted by atomic mass is 10.1. The Hall–Kier alpha value is -3.57. The van der Waals surface area contributed by atoms with Crippen LogP contribution in [0.2, 0.25) is 5.02 Å². The third kappa shape index (κ3) is 6.22. The minimum Gasteiger partial charge on any atom is -0.489 e. The van der Waals surface area contributed by atoms with E-state index < -0.39 is 5.91 Å². The van der Waals surface area contributed by atoms with E-state index in [0.29, 0.717) is 23.7 Å². The summed E-state index contributed by atoms with van der Waals surface area (Å²) in [5.41, 5.74) is 8.32. The molecule has 0 radical (unpaired) electrons. The summed E-state index contributed by atoms with van der Waals surface area (Å²) in [6.07, 6.45) is 3.20. The second kappa shape index (κ2) is 10.3. The monoisotopic (exact) mass is 420 g/mol. The van der Waals surface area contributed by atoms with Crippen molar-refractivity contribution < 1.29 is 14.3 Å². The summed E-state index contributed by atoms with van der Waals surface area (Å²) < 4.78 is 5.75. The number of amides is 2. The van der Waals surface area contributed by atoms with Crippen LogP contribution < -0.4 is 15.8 Å². The summed E-state index contributed by atoms with van der Waals surface area (Å²) in [6, 6.07) is 21.7. The molecule has 0 spiro atoms. The fraction of sp³-hybridized carbons (Fsp3) is 0.0833. The number of nitrogens with two attached hydrogens (primary N) is 1. The molecule has 30 heavy (non-hydrogen) atoms. The van der Waals surface area contributed by atoms with E-state index in [-0.39, 0.29) is 5.91 Å². The smallest absolute Gasteiger partial charge is 0.248 e. The molecule has 0 fully saturated rings. The normalized spacial score (nSPS) is 10.7. The lowest BCUT2D eigenvalue weighted by Crippen LogP contribution is -2.20. The molecule has 0 aliphatic rings. The largest absolute Gasteiger partial charge is 0.489 e. The Kier molecular flexibility index (Phi) is 7.24. The highest BCUT2D eigenvalue weighted by atomic mass is 35.5. The highest BCUT2D eigenvalue weighted by molar-refractivity contribution is 6.31. The molecule has 6 heteroatoms. The first kappa shape index (κ1) is 21.1. The van der Waals surface area contributed by atoms with Crippen molar-refractivity contribution >= 4 is 29.5 Å².